The van der Waals surface area contributed by atoms with Crippen LogP contribution in [0.15, 0.2) is 115 Å². The van der Waals surface area contributed by atoms with Gasteiger partial charge >= 0.3 is 0 Å². The standard InChI is InChI=1S/C55H62Si2/c1-36(2)56(37(3)4,38(5)6)29-27-50-52-32-45-19-15-16-20-46(45)33-53(52)51(28-30-57(39(7)8,40(9)10)41(11)12)55-35-49-31-47(25-26-48(49)34-54(50)55)44-23-21-43(22-24-44)42-17-13-14-18-42/h13-26,31-42H,1-12H3. The van der Waals surface area contributed by atoms with Gasteiger partial charge in [0.1, 0.15) is 16.1 Å². The molecular weight excluding hydrogens is 717 g/mol. The van der Waals surface area contributed by atoms with Crippen molar-refractivity contribution in [2.45, 2.75) is 122 Å². The van der Waals surface area contributed by atoms with E-state index in [-0.39, 0.29) is 0 Å². The average molecular weight is 779 g/mol. The molecule has 6 aromatic rings. The van der Waals surface area contributed by atoms with E-state index < -0.39 is 16.1 Å². The summed E-state index contributed by atoms with van der Waals surface area (Å²) in [6.45, 7) is 29.0. The second-order valence-electron chi connectivity index (χ2n) is 18.7. The molecule has 7 rings (SSSR count). The maximum atomic E-state index is 4.16. The summed E-state index contributed by atoms with van der Waals surface area (Å²) in [7, 11) is -4.08. The third kappa shape index (κ3) is 7.15. The average Bonchev–Trinajstić information content (AvgIpc) is 3.72. The molecule has 290 valence electrons. The van der Waals surface area contributed by atoms with E-state index in [9.17, 15) is 0 Å². The molecule has 0 bridgehead atoms. The van der Waals surface area contributed by atoms with Gasteiger partial charge in [0.25, 0.3) is 0 Å². The zero-order chi connectivity index (χ0) is 40.8. The molecule has 0 aromatic heterocycles. The van der Waals surface area contributed by atoms with Crippen molar-refractivity contribution in [3.05, 3.63) is 132 Å². The van der Waals surface area contributed by atoms with Gasteiger partial charge in [-0.05, 0) is 123 Å². The summed E-state index contributed by atoms with van der Waals surface area (Å²) < 4.78 is 0. The Hall–Kier alpha value is -4.61. The van der Waals surface area contributed by atoms with Crippen LogP contribution in [0, 0.1) is 22.9 Å². The lowest BCUT2D eigenvalue weighted by Gasteiger charge is -2.38. The number of rotatable bonds is 8. The van der Waals surface area contributed by atoms with Crippen LogP contribution in [0.1, 0.15) is 106 Å². The summed E-state index contributed by atoms with van der Waals surface area (Å²) in [5.41, 5.74) is 17.7. The SMILES string of the molecule is CC(C)[Si](C#Cc1c2cc3ccccc3cc2c(C#C[Si](C(C)C)(C(C)C)C(C)C)c2cc3cc(-c4ccc(C5C=CC=C5)cc4)ccc3cc12)(C(C)C)C(C)C. The second-order valence-corrected chi connectivity index (χ2v) is 29.8. The Labute approximate surface area is 345 Å². The van der Waals surface area contributed by atoms with E-state index in [0.717, 1.165) is 11.1 Å². The van der Waals surface area contributed by atoms with Crippen LogP contribution in [0.5, 0.6) is 0 Å². The Bertz CT molecular complexity index is 2600. The highest BCUT2D eigenvalue weighted by atomic mass is 28.3. The molecule has 1 aliphatic rings. The Morgan fingerprint density at radius 2 is 0.772 bits per heavy atom. The van der Waals surface area contributed by atoms with Crippen molar-refractivity contribution in [1.82, 2.24) is 0 Å². The first-order valence-corrected chi connectivity index (χ1v) is 26.0. The topological polar surface area (TPSA) is 0 Å². The predicted molar refractivity (Wildman–Crippen MR) is 259 cm³/mol. The van der Waals surface area contributed by atoms with Crippen molar-refractivity contribution in [3.63, 3.8) is 0 Å². The van der Waals surface area contributed by atoms with Gasteiger partial charge in [-0.15, -0.1) is 11.1 Å². The Kier molecular flexibility index (Phi) is 11.4. The van der Waals surface area contributed by atoms with E-state index in [4.69, 9.17) is 0 Å². The van der Waals surface area contributed by atoms with Gasteiger partial charge in [-0.3, -0.25) is 0 Å². The molecule has 0 atom stereocenters. The van der Waals surface area contributed by atoms with Gasteiger partial charge in [-0.25, -0.2) is 0 Å². The largest absolute Gasteiger partial charge is 0.146 e. The Morgan fingerprint density at radius 3 is 1.18 bits per heavy atom. The van der Waals surface area contributed by atoms with Crippen molar-refractivity contribution in [3.8, 4) is 34.1 Å². The van der Waals surface area contributed by atoms with Crippen LogP contribution in [-0.2, 0) is 0 Å². The van der Waals surface area contributed by atoms with E-state index in [0.29, 0.717) is 39.2 Å². The highest BCUT2D eigenvalue weighted by molar-refractivity contribution is 6.91. The van der Waals surface area contributed by atoms with Gasteiger partial charge in [0.05, 0.1) is 0 Å². The van der Waals surface area contributed by atoms with Crippen molar-refractivity contribution >= 4 is 59.2 Å². The molecule has 0 nitrogen and oxygen atoms in total. The molecule has 0 saturated heterocycles. The molecule has 57 heavy (non-hydrogen) atoms. The molecule has 2 heteroatoms. The summed E-state index contributed by atoms with van der Waals surface area (Å²) in [5.74, 6) is 8.43. The molecule has 0 unspecified atom stereocenters. The number of fused-ring (bicyclic) bond motifs is 4. The Morgan fingerprint density at radius 1 is 0.404 bits per heavy atom. The lowest BCUT2D eigenvalue weighted by Crippen LogP contribution is -2.43. The van der Waals surface area contributed by atoms with E-state index >= 15 is 0 Å². The van der Waals surface area contributed by atoms with Gasteiger partial charge in [0.15, 0.2) is 0 Å². The monoisotopic (exact) mass is 778 g/mol. The van der Waals surface area contributed by atoms with Gasteiger partial charge in [0.2, 0.25) is 0 Å². The smallest absolute Gasteiger partial charge is 0.125 e. The zero-order valence-electron chi connectivity index (χ0n) is 36.5. The number of benzene rings is 6. The first kappa shape index (κ1) is 40.6. The van der Waals surface area contributed by atoms with Gasteiger partial charge in [0, 0.05) is 17.0 Å². The van der Waals surface area contributed by atoms with Crippen molar-refractivity contribution in [2.75, 3.05) is 0 Å². The first-order chi connectivity index (χ1) is 27.2. The van der Waals surface area contributed by atoms with Crippen LogP contribution in [0.25, 0.3) is 54.2 Å². The number of hydrogen-bond donors (Lipinski definition) is 0. The van der Waals surface area contributed by atoms with Crippen molar-refractivity contribution in [1.29, 1.82) is 0 Å². The van der Waals surface area contributed by atoms with E-state index in [2.05, 4.69) is 221 Å². The molecule has 0 N–H and O–H groups in total. The lowest BCUT2D eigenvalue weighted by molar-refractivity contribution is 0.838. The minimum absolute atomic E-state index is 0.365. The summed E-state index contributed by atoms with van der Waals surface area (Å²) in [4.78, 5) is 0. The van der Waals surface area contributed by atoms with Crippen LogP contribution >= 0.6 is 0 Å². The summed E-state index contributed by atoms with van der Waals surface area (Å²) in [6, 6.07) is 34.6. The van der Waals surface area contributed by atoms with Crippen molar-refractivity contribution < 1.29 is 0 Å². The molecule has 0 fully saturated rings. The highest BCUT2D eigenvalue weighted by Crippen LogP contribution is 2.44. The molecule has 0 aliphatic heterocycles. The van der Waals surface area contributed by atoms with Crippen molar-refractivity contribution in [2.24, 2.45) is 0 Å². The molecule has 0 spiro atoms. The quantitative estimate of drug-likeness (QED) is 0.0820. The van der Waals surface area contributed by atoms with E-state index in [1.807, 2.05) is 0 Å². The minimum atomic E-state index is -2.04. The Balaban J connectivity index is 1.59. The normalized spacial score (nSPS) is 13.7. The molecule has 1 aliphatic carbocycles. The van der Waals surface area contributed by atoms with Crippen LogP contribution in [0.3, 0.4) is 0 Å². The maximum Gasteiger partial charge on any atom is 0.146 e. The van der Waals surface area contributed by atoms with Crippen LogP contribution in [0.4, 0.5) is 0 Å². The van der Waals surface area contributed by atoms with Gasteiger partial charge in [-0.2, -0.15) is 0 Å². The van der Waals surface area contributed by atoms with Gasteiger partial charge in [-0.1, -0.05) is 180 Å². The number of allylic oxidation sites excluding steroid dienone is 4. The van der Waals surface area contributed by atoms with E-state index in [1.165, 1.54) is 59.8 Å². The molecule has 6 aromatic carbocycles. The fourth-order valence-electron chi connectivity index (χ4n) is 10.9. The summed E-state index contributed by atoms with van der Waals surface area (Å²) in [5, 5.41) is 9.87. The zero-order valence-corrected chi connectivity index (χ0v) is 38.5. The van der Waals surface area contributed by atoms with Gasteiger partial charge < -0.3 is 0 Å². The highest BCUT2D eigenvalue weighted by Gasteiger charge is 2.43. The van der Waals surface area contributed by atoms with Crippen LogP contribution in [0.2, 0.25) is 33.2 Å². The fourth-order valence-corrected chi connectivity index (χ4v) is 21.3. The minimum Gasteiger partial charge on any atom is -0.125 e. The fraction of sp³-hybridized carbons (Fsp3) is 0.345. The third-order valence-electron chi connectivity index (χ3n) is 13.9. The van der Waals surface area contributed by atoms with Crippen LogP contribution < -0.4 is 0 Å². The molecule has 0 heterocycles. The second kappa shape index (κ2) is 16.0. The molecule has 0 radical (unpaired) electrons. The summed E-state index contributed by atoms with van der Waals surface area (Å²) in [6.07, 6.45) is 8.80. The first-order valence-electron chi connectivity index (χ1n) is 21.6. The van der Waals surface area contributed by atoms with E-state index in [1.54, 1.807) is 0 Å². The lowest BCUT2D eigenvalue weighted by atomic mass is 9.88. The van der Waals surface area contributed by atoms with Crippen LogP contribution in [-0.4, -0.2) is 16.1 Å². The number of hydrogen-bond acceptors (Lipinski definition) is 0. The predicted octanol–water partition coefficient (Wildman–Crippen LogP) is 16.3. The third-order valence-corrected chi connectivity index (χ3v) is 26.4. The molecule has 0 saturated carbocycles. The molecule has 0 amide bonds. The maximum absolute atomic E-state index is 4.16. The summed E-state index contributed by atoms with van der Waals surface area (Å²) >= 11 is 0. The molecular formula is C55H62Si2.